The molecule has 1 aliphatic rings. The molecule has 0 aromatic carbocycles. The van der Waals surface area contributed by atoms with Gasteiger partial charge in [-0.05, 0) is 18.9 Å². The third-order valence-electron chi connectivity index (χ3n) is 4.52. The molecule has 1 aromatic heterocycles. The Hall–Kier alpha value is -1.20. The van der Waals surface area contributed by atoms with Gasteiger partial charge in [0.15, 0.2) is 5.78 Å². The minimum Gasteiger partial charge on any atom is -0.381 e. The summed E-state index contributed by atoms with van der Waals surface area (Å²) in [5.74, 6) is 0.114. The Morgan fingerprint density at radius 1 is 1.43 bits per heavy atom. The van der Waals surface area contributed by atoms with E-state index in [1.54, 1.807) is 7.11 Å². The first-order valence-corrected chi connectivity index (χ1v) is 7.85. The van der Waals surface area contributed by atoms with E-state index in [4.69, 9.17) is 9.47 Å². The number of methoxy groups -OCH3 is 1. The van der Waals surface area contributed by atoms with E-state index in [1.165, 1.54) is 0 Å². The van der Waals surface area contributed by atoms with E-state index in [-0.39, 0.29) is 5.78 Å². The highest BCUT2D eigenvalue weighted by molar-refractivity contribution is 5.89. The molecule has 5 nitrogen and oxygen atoms in total. The van der Waals surface area contributed by atoms with Crippen molar-refractivity contribution in [1.82, 2.24) is 9.78 Å². The minimum absolute atomic E-state index is 0.114. The van der Waals surface area contributed by atoms with Gasteiger partial charge < -0.3 is 9.47 Å². The molecule has 0 amide bonds. The van der Waals surface area contributed by atoms with Crippen LogP contribution in [0.1, 0.15) is 51.3 Å². The molecule has 0 saturated carbocycles. The number of carbonyl (C=O) groups is 1. The Morgan fingerprint density at radius 2 is 2.10 bits per heavy atom. The fraction of sp³-hybridized carbons (Fsp3) is 0.750. The molecule has 1 aromatic rings. The van der Waals surface area contributed by atoms with Gasteiger partial charge in [0.1, 0.15) is 5.60 Å². The van der Waals surface area contributed by atoms with Crippen LogP contribution in [0.4, 0.5) is 0 Å². The van der Waals surface area contributed by atoms with Gasteiger partial charge in [-0.3, -0.25) is 9.48 Å². The summed E-state index contributed by atoms with van der Waals surface area (Å²) in [6, 6.07) is 2.35. The number of nitrogens with zero attached hydrogens (tertiary/aromatic N) is 2. The zero-order chi connectivity index (χ0) is 15.3. The average molecular weight is 294 g/mol. The highest BCUT2D eigenvalue weighted by atomic mass is 16.5. The van der Waals surface area contributed by atoms with Crippen LogP contribution in [0.3, 0.4) is 0 Å². The van der Waals surface area contributed by atoms with E-state index in [9.17, 15) is 4.79 Å². The third-order valence-corrected chi connectivity index (χ3v) is 4.52. The lowest BCUT2D eigenvalue weighted by Gasteiger charge is -2.34. The van der Waals surface area contributed by atoms with Crippen LogP contribution in [0.25, 0.3) is 0 Å². The Balaban J connectivity index is 2.05. The van der Waals surface area contributed by atoms with Crippen molar-refractivity contribution in [2.75, 3.05) is 20.3 Å². The van der Waals surface area contributed by atoms with Gasteiger partial charge in [-0.25, -0.2) is 0 Å². The molecule has 2 heterocycles. The zero-order valence-corrected chi connectivity index (χ0v) is 13.3. The predicted octanol–water partition coefficient (Wildman–Crippen LogP) is 2.55. The van der Waals surface area contributed by atoms with E-state index in [1.807, 2.05) is 16.9 Å². The standard InChI is InChI=1S/C16H26N2O3/c1-4-14(5-2)18-9-6-13(17-18)12-15(19)16(20-3)7-10-21-11-8-16/h6,9,14H,4-5,7-8,10-12H2,1-3H3. The molecular weight excluding hydrogens is 268 g/mol. The molecule has 2 rings (SSSR count). The quantitative estimate of drug-likeness (QED) is 0.775. The molecule has 0 unspecified atom stereocenters. The van der Waals surface area contributed by atoms with Gasteiger partial charge >= 0.3 is 0 Å². The van der Waals surface area contributed by atoms with Crippen LogP contribution < -0.4 is 0 Å². The second-order valence-electron chi connectivity index (χ2n) is 5.67. The number of rotatable bonds is 7. The summed E-state index contributed by atoms with van der Waals surface area (Å²) < 4.78 is 12.9. The molecule has 0 aliphatic carbocycles. The number of hydrogen-bond acceptors (Lipinski definition) is 4. The van der Waals surface area contributed by atoms with Crippen molar-refractivity contribution >= 4 is 5.78 Å². The van der Waals surface area contributed by atoms with Gasteiger partial charge in [-0.15, -0.1) is 0 Å². The lowest BCUT2D eigenvalue weighted by atomic mass is 9.87. The third kappa shape index (κ3) is 3.52. The fourth-order valence-corrected chi connectivity index (χ4v) is 2.96. The van der Waals surface area contributed by atoms with Crippen molar-refractivity contribution in [3.63, 3.8) is 0 Å². The van der Waals surface area contributed by atoms with Crippen molar-refractivity contribution in [2.45, 2.75) is 57.6 Å². The van der Waals surface area contributed by atoms with Gasteiger partial charge in [-0.1, -0.05) is 13.8 Å². The Labute approximate surface area is 126 Å². The lowest BCUT2D eigenvalue weighted by molar-refractivity contribution is -0.152. The van der Waals surface area contributed by atoms with E-state index in [2.05, 4.69) is 18.9 Å². The maximum atomic E-state index is 12.6. The molecule has 5 heteroatoms. The Bertz CT molecular complexity index is 460. The summed E-state index contributed by atoms with van der Waals surface area (Å²) in [5, 5.41) is 4.56. The number of hydrogen-bond donors (Lipinski definition) is 0. The monoisotopic (exact) mass is 294 g/mol. The van der Waals surface area contributed by atoms with Gasteiger partial charge in [0.05, 0.1) is 18.2 Å². The maximum Gasteiger partial charge on any atom is 0.170 e. The highest BCUT2D eigenvalue weighted by Gasteiger charge is 2.39. The minimum atomic E-state index is -0.684. The van der Waals surface area contributed by atoms with Crippen LogP contribution in [0.2, 0.25) is 0 Å². The number of carbonyl (C=O) groups excluding carboxylic acids is 1. The van der Waals surface area contributed by atoms with Gasteiger partial charge in [0, 0.05) is 39.4 Å². The summed E-state index contributed by atoms with van der Waals surface area (Å²) in [7, 11) is 1.62. The van der Waals surface area contributed by atoms with Gasteiger partial charge in [0.2, 0.25) is 0 Å². The first-order valence-electron chi connectivity index (χ1n) is 7.85. The summed E-state index contributed by atoms with van der Waals surface area (Å²) in [6.45, 7) is 5.48. The molecule has 21 heavy (non-hydrogen) atoms. The number of Topliss-reactive ketones (excluding diaryl/α,β-unsaturated/α-hetero) is 1. The molecule has 1 fully saturated rings. The highest BCUT2D eigenvalue weighted by Crippen LogP contribution is 2.27. The Morgan fingerprint density at radius 3 is 2.67 bits per heavy atom. The topological polar surface area (TPSA) is 53.4 Å². The van der Waals surface area contributed by atoms with Gasteiger partial charge in [-0.2, -0.15) is 5.10 Å². The van der Waals surface area contributed by atoms with Crippen molar-refractivity contribution < 1.29 is 14.3 Å². The molecular formula is C16H26N2O3. The second-order valence-corrected chi connectivity index (χ2v) is 5.67. The molecule has 0 N–H and O–H groups in total. The maximum absolute atomic E-state index is 12.6. The van der Waals surface area contributed by atoms with Crippen LogP contribution >= 0.6 is 0 Å². The van der Waals surface area contributed by atoms with Crippen molar-refractivity contribution in [3.8, 4) is 0 Å². The predicted molar refractivity (Wildman–Crippen MR) is 80.4 cm³/mol. The molecule has 1 saturated heterocycles. The first kappa shape index (κ1) is 16.2. The summed E-state index contributed by atoms with van der Waals surface area (Å²) >= 11 is 0. The normalized spacial score (nSPS) is 18.1. The number of ether oxygens (including phenoxy) is 2. The number of aromatic nitrogens is 2. The average Bonchev–Trinajstić information content (AvgIpc) is 2.97. The van der Waals surface area contributed by atoms with Crippen molar-refractivity contribution in [3.05, 3.63) is 18.0 Å². The van der Waals surface area contributed by atoms with Gasteiger partial charge in [0.25, 0.3) is 0 Å². The molecule has 0 spiro atoms. The number of ketones is 1. The molecule has 0 radical (unpaired) electrons. The lowest BCUT2D eigenvalue weighted by Crippen LogP contribution is -2.46. The molecule has 118 valence electrons. The van der Waals surface area contributed by atoms with Crippen LogP contribution in [0, 0.1) is 0 Å². The SMILES string of the molecule is CCC(CC)n1ccc(CC(=O)C2(OC)CCOCC2)n1. The smallest absolute Gasteiger partial charge is 0.170 e. The molecule has 0 bridgehead atoms. The van der Waals surface area contributed by atoms with E-state index in [0.29, 0.717) is 38.5 Å². The van der Waals surface area contributed by atoms with Crippen LogP contribution in [0.5, 0.6) is 0 Å². The summed E-state index contributed by atoms with van der Waals surface area (Å²) in [6.07, 6.45) is 5.67. The second kappa shape index (κ2) is 7.18. The van der Waals surface area contributed by atoms with Crippen LogP contribution in [-0.2, 0) is 20.7 Å². The molecule has 1 aliphatic heterocycles. The Kier molecular flexibility index (Phi) is 5.53. The van der Waals surface area contributed by atoms with Crippen LogP contribution in [-0.4, -0.2) is 41.5 Å². The largest absolute Gasteiger partial charge is 0.381 e. The van der Waals surface area contributed by atoms with E-state index < -0.39 is 5.60 Å². The van der Waals surface area contributed by atoms with E-state index >= 15 is 0 Å². The van der Waals surface area contributed by atoms with E-state index in [0.717, 1.165) is 18.5 Å². The van der Waals surface area contributed by atoms with Crippen molar-refractivity contribution in [2.24, 2.45) is 0 Å². The fourth-order valence-electron chi connectivity index (χ4n) is 2.96. The summed E-state index contributed by atoms with van der Waals surface area (Å²) in [5.41, 5.74) is 0.145. The molecule has 0 atom stereocenters. The summed E-state index contributed by atoms with van der Waals surface area (Å²) in [4.78, 5) is 12.6. The first-order chi connectivity index (χ1) is 10.1. The van der Waals surface area contributed by atoms with Crippen molar-refractivity contribution in [1.29, 1.82) is 0 Å². The van der Waals surface area contributed by atoms with Crippen LogP contribution in [0.15, 0.2) is 12.3 Å². The zero-order valence-electron chi connectivity index (χ0n) is 13.3.